The monoisotopic (exact) mass is 296 g/mol. The predicted octanol–water partition coefficient (Wildman–Crippen LogP) is 1.68. The molecule has 2 saturated heterocycles. The summed E-state index contributed by atoms with van der Waals surface area (Å²) in [7, 11) is 0. The van der Waals surface area contributed by atoms with E-state index in [9.17, 15) is 0 Å². The fraction of sp³-hybridized carbons (Fsp3) is 0.500. The number of hydrogen-bond donors (Lipinski definition) is 0. The van der Waals surface area contributed by atoms with Crippen LogP contribution in [0, 0.1) is 12.8 Å². The minimum Gasteiger partial charge on any atom is -0.354 e. The first-order valence-electron chi connectivity index (χ1n) is 7.88. The van der Waals surface area contributed by atoms with Gasteiger partial charge in [-0.25, -0.2) is 19.9 Å². The Balaban J connectivity index is 1.57. The molecule has 2 aromatic rings. The molecule has 0 aliphatic carbocycles. The second-order valence-electron chi connectivity index (χ2n) is 6.07. The van der Waals surface area contributed by atoms with Gasteiger partial charge in [-0.3, -0.25) is 0 Å². The third-order valence-corrected chi connectivity index (χ3v) is 4.81. The lowest BCUT2D eigenvalue weighted by Crippen LogP contribution is -2.48. The fourth-order valence-corrected chi connectivity index (χ4v) is 3.71. The van der Waals surface area contributed by atoms with Crippen molar-refractivity contribution in [3.05, 3.63) is 36.7 Å². The zero-order chi connectivity index (χ0) is 14.9. The summed E-state index contributed by atoms with van der Waals surface area (Å²) in [4.78, 5) is 22.1. The standard InChI is InChI=1S/C16H20N6/c1-12-18-7-3-16(20-12)22-9-5-13-4-8-21(10-14(13)22)15-2-6-17-11-19-15/h2-3,6-7,11,13-14H,4-5,8-10H2,1H3. The molecule has 4 heterocycles. The quantitative estimate of drug-likeness (QED) is 0.840. The Hall–Kier alpha value is -2.24. The minimum absolute atomic E-state index is 0.512. The molecule has 2 unspecified atom stereocenters. The first-order valence-corrected chi connectivity index (χ1v) is 7.88. The van der Waals surface area contributed by atoms with E-state index in [1.807, 2.05) is 31.5 Å². The van der Waals surface area contributed by atoms with Gasteiger partial charge < -0.3 is 9.80 Å². The molecule has 6 heteroatoms. The number of hydrogen-bond acceptors (Lipinski definition) is 6. The maximum absolute atomic E-state index is 4.61. The van der Waals surface area contributed by atoms with Crippen LogP contribution in [0.2, 0.25) is 0 Å². The van der Waals surface area contributed by atoms with Gasteiger partial charge in [-0.2, -0.15) is 0 Å². The number of fused-ring (bicyclic) bond motifs is 1. The van der Waals surface area contributed by atoms with E-state index < -0.39 is 0 Å². The van der Waals surface area contributed by atoms with Crippen LogP contribution in [0.25, 0.3) is 0 Å². The SMILES string of the molecule is Cc1nccc(N2CCC3CCN(c4ccncn4)CC32)n1. The van der Waals surface area contributed by atoms with E-state index in [1.165, 1.54) is 12.8 Å². The number of aromatic nitrogens is 4. The van der Waals surface area contributed by atoms with Crippen molar-refractivity contribution in [1.29, 1.82) is 0 Å². The van der Waals surface area contributed by atoms with E-state index in [2.05, 4.69) is 29.7 Å². The fourth-order valence-electron chi connectivity index (χ4n) is 3.71. The van der Waals surface area contributed by atoms with Crippen molar-refractivity contribution in [3.63, 3.8) is 0 Å². The molecule has 2 aromatic heterocycles. The zero-order valence-electron chi connectivity index (χ0n) is 12.8. The molecule has 22 heavy (non-hydrogen) atoms. The van der Waals surface area contributed by atoms with Gasteiger partial charge in [-0.15, -0.1) is 0 Å². The molecule has 2 aliphatic rings. The molecule has 0 N–H and O–H groups in total. The number of piperidine rings is 1. The van der Waals surface area contributed by atoms with Crippen LogP contribution in [0.15, 0.2) is 30.9 Å². The summed E-state index contributed by atoms with van der Waals surface area (Å²) in [6.45, 7) is 5.12. The molecular weight excluding hydrogens is 276 g/mol. The number of rotatable bonds is 2. The van der Waals surface area contributed by atoms with Gasteiger partial charge in [0, 0.05) is 32.0 Å². The van der Waals surface area contributed by atoms with Crippen LogP contribution >= 0.6 is 0 Å². The topological polar surface area (TPSA) is 58.0 Å². The summed E-state index contributed by atoms with van der Waals surface area (Å²) in [5.74, 6) is 3.68. The second-order valence-corrected chi connectivity index (χ2v) is 6.07. The lowest BCUT2D eigenvalue weighted by Gasteiger charge is -2.39. The molecule has 0 spiro atoms. The highest BCUT2D eigenvalue weighted by molar-refractivity contribution is 5.45. The van der Waals surface area contributed by atoms with Crippen molar-refractivity contribution in [2.45, 2.75) is 25.8 Å². The second kappa shape index (κ2) is 5.51. The predicted molar refractivity (Wildman–Crippen MR) is 84.9 cm³/mol. The Morgan fingerprint density at radius 2 is 1.91 bits per heavy atom. The molecule has 0 bridgehead atoms. The van der Waals surface area contributed by atoms with Crippen molar-refractivity contribution >= 4 is 11.6 Å². The molecule has 2 fully saturated rings. The van der Waals surface area contributed by atoms with E-state index in [1.54, 1.807) is 6.33 Å². The maximum Gasteiger partial charge on any atom is 0.132 e. The third kappa shape index (κ3) is 2.38. The molecule has 0 radical (unpaired) electrons. The van der Waals surface area contributed by atoms with Gasteiger partial charge in [0.25, 0.3) is 0 Å². The summed E-state index contributed by atoms with van der Waals surface area (Å²) in [5.41, 5.74) is 0. The zero-order valence-corrected chi connectivity index (χ0v) is 12.8. The molecule has 6 nitrogen and oxygen atoms in total. The van der Waals surface area contributed by atoms with Gasteiger partial charge in [-0.05, 0) is 37.8 Å². The highest BCUT2D eigenvalue weighted by atomic mass is 15.3. The third-order valence-electron chi connectivity index (χ3n) is 4.81. The highest BCUT2D eigenvalue weighted by Gasteiger charge is 2.39. The first-order chi connectivity index (χ1) is 10.8. The Morgan fingerprint density at radius 3 is 2.73 bits per heavy atom. The maximum atomic E-state index is 4.61. The van der Waals surface area contributed by atoms with Crippen molar-refractivity contribution in [1.82, 2.24) is 19.9 Å². The normalized spacial score (nSPS) is 24.4. The summed E-state index contributed by atoms with van der Waals surface area (Å²) < 4.78 is 0. The van der Waals surface area contributed by atoms with Crippen LogP contribution in [0.1, 0.15) is 18.7 Å². The Bertz CT molecular complexity index is 646. The Labute approximate surface area is 130 Å². The molecular formula is C16H20N6. The van der Waals surface area contributed by atoms with Gasteiger partial charge in [-0.1, -0.05) is 0 Å². The Morgan fingerprint density at radius 1 is 1.05 bits per heavy atom. The average Bonchev–Trinajstić information content (AvgIpc) is 2.99. The van der Waals surface area contributed by atoms with E-state index in [-0.39, 0.29) is 0 Å². The van der Waals surface area contributed by atoms with E-state index in [0.717, 1.165) is 43.0 Å². The first kappa shape index (κ1) is 13.4. The summed E-state index contributed by atoms with van der Waals surface area (Å²) in [6, 6.07) is 4.53. The molecule has 114 valence electrons. The summed E-state index contributed by atoms with van der Waals surface area (Å²) in [6.07, 6.45) is 7.77. The van der Waals surface area contributed by atoms with Crippen molar-refractivity contribution in [3.8, 4) is 0 Å². The molecule has 2 aliphatic heterocycles. The molecule has 0 amide bonds. The van der Waals surface area contributed by atoms with Crippen LogP contribution in [-0.4, -0.2) is 45.6 Å². The number of nitrogens with zero attached hydrogens (tertiary/aromatic N) is 6. The van der Waals surface area contributed by atoms with Gasteiger partial charge >= 0.3 is 0 Å². The number of aryl methyl sites for hydroxylation is 1. The van der Waals surface area contributed by atoms with Gasteiger partial charge in [0.05, 0.1) is 6.04 Å². The van der Waals surface area contributed by atoms with Gasteiger partial charge in [0.2, 0.25) is 0 Å². The van der Waals surface area contributed by atoms with Crippen molar-refractivity contribution < 1.29 is 0 Å². The van der Waals surface area contributed by atoms with E-state index in [4.69, 9.17) is 0 Å². The smallest absolute Gasteiger partial charge is 0.132 e. The van der Waals surface area contributed by atoms with Crippen LogP contribution in [0.5, 0.6) is 0 Å². The van der Waals surface area contributed by atoms with Crippen molar-refractivity contribution in [2.75, 3.05) is 29.4 Å². The molecule has 0 saturated carbocycles. The Kier molecular flexibility index (Phi) is 3.36. The van der Waals surface area contributed by atoms with Crippen LogP contribution in [0.3, 0.4) is 0 Å². The van der Waals surface area contributed by atoms with Crippen LogP contribution in [0.4, 0.5) is 11.6 Å². The summed E-state index contributed by atoms with van der Waals surface area (Å²) in [5, 5.41) is 0. The average molecular weight is 296 g/mol. The van der Waals surface area contributed by atoms with E-state index in [0.29, 0.717) is 6.04 Å². The lowest BCUT2D eigenvalue weighted by molar-refractivity contribution is 0.388. The van der Waals surface area contributed by atoms with Crippen LogP contribution in [-0.2, 0) is 0 Å². The van der Waals surface area contributed by atoms with Crippen LogP contribution < -0.4 is 9.80 Å². The molecule has 0 aromatic carbocycles. The lowest BCUT2D eigenvalue weighted by atomic mass is 9.92. The largest absolute Gasteiger partial charge is 0.354 e. The number of anilines is 2. The van der Waals surface area contributed by atoms with Gasteiger partial charge in [0.1, 0.15) is 23.8 Å². The highest BCUT2D eigenvalue weighted by Crippen LogP contribution is 2.35. The molecule has 2 atom stereocenters. The minimum atomic E-state index is 0.512. The summed E-state index contributed by atoms with van der Waals surface area (Å²) >= 11 is 0. The van der Waals surface area contributed by atoms with Crippen molar-refractivity contribution in [2.24, 2.45) is 5.92 Å². The van der Waals surface area contributed by atoms with E-state index >= 15 is 0 Å². The molecule has 4 rings (SSSR count). The van der Waals surface area contributed by atoms with Gasteiger partial charge in [0.15, 0.2) is 0 Å².